The molecule has 0 saturated carbocycles. The zero-order valence-corrected chi connectivity index (χ0v) is 11.8. The predicted molar refractivity (Wildman–Crippen MR) is 76.6 cm³/mol. The van der Waals surface area contributed by atoms with Crippen LogP contribution in [0.1, 0.15) is 11.1 Å². The molecule has 0 atom stereocenters. The summed E-state index contributed by atoms with van der Waals surface area (Å²) in [5.41, 5.74) is 2.46. The Morgan fingerprint density at radius 2 is 1.44 bits per heavy atom. The second-order valence-corrected chi connectivity index (χ2v) is 4.76. The van der Waals surface area contributed by atoms with Gasteiger partial charge in [0.05, 0.1) is 0 Å². The Morgan fingerprint density at radius 1 is 0.889 bits per heavy atom. The van der Waals surface area contributed by atoms with Gasteiger partial charge in [-0.1, -0.05) is 0 Å². The van der Waals surface area contributed by atoms with Crippen molar-refractivity contribution < 1.29 is 0 Å². The zero-order valence-electron chi connectivity index (χ0n) is 10.0. The van der Waals surface area contributed by atoms with Crippen molar-refractivity contribution in [3.8, 4) is 0 Å². The molecule has 0 aliphatic heterocycles. The van der Waals surface area contributed by atoms with Gasteiger partial charge in [0, 0.05) is 0 Å². The molecule has 0 aliphatic rings. The van der Waals surface area contributed by atoms with Crippen molar-refractivity contribution in [3.63, 3.8) is 0 Å². The van der Waals surface area contributed by atoms with Gasteiger partial charge in [0.1, 0.15) is 0 Å². The van der Waals surface area contributed by atoms with Crippen molar-refractivity contribution in [2.75, 3.05) is 0 Å². The normalized spacial score (nSPS) is 11.2. The van der Waals surface area contributed by atoms with Crippen LogP contribution in [0.3, 0.4) is 0 Å². The molecule has 2 aromatic carbocycles. The summed E-state index contributed by atoms with van der Waals surface area (Å²) in [6.07, 6.45) is 0. The van der Waals surface area contributed by atoms with E-state index in [-0.39, 0.29) is 0 Å². The average molecular weight is 302 g/mol. The Hall–Kier alpha value is -1.57. The van der Waals surface area contributed by atoms with Gasteiger partial charge in [-0.15, -0.1) is 0 Å². The van der Waals surface area contributed by atoms with Crippen molar-refractivity contribution in [2.24, 2.45) is 4.99 Å². The molecular weight excluding hydrogens is 287 g/mol. The van der Waals surface area contributed by atoms with Crippen LogP contribution in [0.2, 0.25) is 0 Å². The molecule has 0 unspecified atom stereocenters. The molecule has 0 spiro atoms. The zero-order chi connectivity index (χ0) is 12.6. The van der Waals surface area contributed by atoms with Crippen LogP contribution in [0.15, 0.2) is 65.7 Å². The van der Waals surface area contributed by atoms with E-state index in [1.807, 2.05) is 36.4 Å². The molecular formula is C15H15N2Se. The topological polar surface area (TPSA) is 24.4 Å². The Labute approximate surface area is 116 Å². The van der Waals surface area contributed by atoms with Gasteiger partial charge in [-0.2, -0.15) is 0 Å². The van der Waals surface area contributed by atoms with Gasteiger partial charge in [-0.3, -0.25) is 0 Å². The standard InChI is InChI=1S/C15H15N2Se/c18-15(16-11-13-7-3-1-4-8-13)17-12-14-9-5-2-6-10-14/h1-10H,11-12H2,(H,16,17). The summed E-state index contributed by atoms with van der Waals surface area (Å²) in [5, 5.41) is 3.26. The molecule has 0 fully saturated rings. The Balaban J connectivity index is 1.83. The molecule has 2 rings (SSSR count). The summed E-state index contributed by atoms with van der Waals surface area (Å²) in [4.78, 5) is 4.46. The first kappa shape index (κ1) is 12.9. The molecule has 91 valence electrons. The van der Waals surface area contributed by atoms with Crippen LogP contribution < -0.4 is 5.32 Å². The molecule has 0 aromatic heterocycles. The Morgan fingerprint density at radius 3 is 2.06 bits per heavy atom. The van der Waals surface area contributed by atoms with Crippen molar-refractivity contribution in [3.05, 3.63) is 71.8 Å². The first-order valence-corrected chi connectivity index (χ1v) is 6.73. The van der Waals surface area contributed by atoms with Gasteiger partial charge >= 0.3 is 116 Å². The third-order valence-electron chi connectivity index (χ3n) is 2.53. The number of nitrogens with one attached hydrogen (secondary N) is 1. The van der Waals surface area contributed by atoms with E-state index in [1.54, 1.807) is 0 Å². The van der Waals surface area contributed by atoms with Gasteiger partial charge < -0.3 is 0 Å². The molecule has 0 amide bonds. The monoisotopic (exact) mass is 303 g/mol. The van der Waals surface area contributed by atoms with Crippen LogP contribution in [-0.4, -0.2) is 20.7 Å². The van der Waals surface area contributed by atoms with E-state index in [0.717, 1.165) is 11.3 Å². The predicted octanol–water partition coefficient (Wildman–Crippen LogP) is 2.50. The van der Waals surface area contributed by atoms with Gasteiger partial charge in [0.15, 0.2) is 0 Å². The fourth-order valence-electron chi connectivity index (χ4n) is 1.58. The molecule has 0 saturated heterocycles. The average Bonchev–Trinajstić information content (AvgIpc) is 2.45. The summed E-state index contributed by atoms with van der Waals surface area (Å²) in [6, 6.07) is 20.5. The maximum atomic E-state index is 4.46. The number of aliphatic imine (C=N–C) groups is 1. The quantitative estimate of drug-likeness (QED) is 0.524. The SMILES string of the molecule is [Se]C(=NCc1ccccc1)NCc1ccccc1. The van der Waals surface area contributed by atoms with Crippen LogP contribution in [0.4, 0.5) is 0 Å². The molecule has 18 heavy (non-hydrogen) atoms. The Bertz CT molecular complexity index is 494. The Kier molecular flexibility index (Phi) is 5.00. The summed E-state index contributed by atoms with van der Waals surface area (Å²) < 4.78 is 0.850. The van der Waals surface area contributed by atoms with Crippen LogP contribution >= 0.6 is 0 Å². The third kappa shape index (κ3) is 4.36. The minimum absolute atomic E-state index is 0.699. The first-order valence-electron chi connectivity index (χ1n) is 5.88. The molecule has 1 radical (unpaired) electrons. The fourth-order valence-corrected chi connectivity index (χ4v) is 1.86. The van der Waals surface area contributed by atoms with Gasteiger partial charge in [-0.05, 0) is 0 Å². The molecule has 3 heteroatoms. The van der Waals surface area contributed by atoms with Gasteiger partial charge in [-0.25, -0.2) is 0 Å². The van der Waals surface area contributed by atoms with E-state index >= 15 is 0 Å². The second kappa shape index (κ2) is 7.00. The molecule has 1 N–H and O–H groups in total. The molecule has 2 nitrogen and oxygen atoms in total. The summed E-state index contributed by atoms with van der Waals surface area (Å²) in [6.45, 7) is 1.49. The number of benzene rings is 2. The first-order chi connectivity index (χ1) is 8.84. The number of rotatable bonds is 4. The summed E-state index contributed by atoms with van der Waals surface area (Å²) >= 11 is 2.96. The van der Waals surface area contributed by atoms with Crippen molar-refractivity contribution in [1.82, 2.24) is 5.32 Å². The van der Waals surface area contributed by atoms with Crippen LogP contribution in [0.25, 0.3) is 0 Å². The number of nitrogens with zero attached hydrogens (tertiary/aromatic N) is 1. The molecule has 0 aliphatic carbocycles. The van der Waals surface area contributed by atoms with Crippen molar-refractivity contribution in [1.29, 1.82) is 0 Å². The van der Waals surface area contributed by atoms with E-state index in [4.69, 9.17) is 0 Å². The molecule has 0 bridgehead atoms. The maximum absolute atomic E-state index is 4.46. The molecule has 0 heterocycles. The van der Waals surface area contributed by atoms with Crippen molar-refractivity contribution >= 4 is 20.7 Å². The van der Waals surface area contributed by atoms with E-state index in [9.17, 15) is 0 Å². The third-order valence-corrected chi connectivity index (χ3v) is 3.11. The fraction of sp³-hybridized carbons (Fsp3) is 0.133. The van der Waals surface area contributed by atoms with Crippen molar-refractivity contribution in [2.45, 2.75) is 13.1 Å². The van der Waals surface area contributed by atoms with E-state index < -0.39 is 0 Å². The summed E-state index contributed by atoms with van der Waals surface area (Å²) in [7, 11) is 0. The summed E-state index contributed by atoms with van der Waals surface area (Å²) in [5.74, 6) is 0. The van der Waals surface area contributed by atoms with Crippen LogP contribution in [0.5, 0.6) is 0 Å². The van der Waals surface area contributed by atoms with E-state index in [1.165, 1.54) is 11.1 Å². The molecule has 2 aromatic rings. The number of hydrogen-bond donors (Lipinski definition) is 1. The van der Waals surface area contributed by atoms with Crippen LogP contribution in [0, 0.1) is 0 Å². The van der Waals surface area contributed by atoms with E-state index in [2.05, 4.69) is 50.6 Å². The van der Waals surface area contributed by atoms with Gasteiger partial charge in [0.25, 0.3) is 0 Å². The van der Waals surface area contributed by atoms with Gasteiger partial charge in [0.2, 0.25) is 0 Å². The second-order valence-electron chi connectivity index (χ2n) is 3.95. The number of hydrogen-bond acceptors (Lipinski definition) is 1. The number of amidine groups is 1. The van der Waals surface area contributed by atoms with E-state index in [0.29, 0.717) is 6.54 Å². The minimum atomic E-state index is 0.699. The van der Waals surface area contributed by atoms with Crippen LogP contribution in [-0.2, 0) is 13.1 Å².